The van der Waals surface area contributed by atoms with Crippen molar-refractivity contribution in [3.8, 4) is 0 Å². The number of nitrogens with one attached hydrogen (secondary N) is 1. The summed E-state index contributed by atoms with van der Waals surface area (Å²) in [6, 6.07) is 1.25. The number of hydrogen-bond donors (Lipinski definition) is 1. The molecule has 0 aliphatic heterocycles. The van der Waals surface area contributed by atoms with Crippen LogP contribution in [0.1, 0.15) is 38.8 Å². The highest BCUT2D eigenvalue weighted by molar-refractivity contribution is 14.1. The number of nitrogens with zero attached hydrogens (tertiary/aromatic N) is 1. The van der Waals surface area contributed by atoms with Crippen LogP contribution in [0.15, 0.2) is 6.20 Å². The van der Waals surface area contributed by atoms with Gasteiger partial charge in [0.1, 0.15) is 0 Å². The second kappa shape index (κ2) is 7.97. The molecule has 1 N–H and O–H groups in total. The lowest BCUT2D eigenvalue weighted by atomic mass is 10.2. The van der Waals surface area contributed by atoms with Crippen LogP contribution in [0.3, 0.4) is 0 Å². The number of rotatable bonds is 2. The van der Waals surface area contributed by atoms with Crippen molar-refractivity contribution >= 4 is 22.6 Å². The lowest BCUT2D eigenvalue weighted by Crippen LogP contribution is -2.29. The molecule has 17 heavy (non-hydrogen) atoms. The fourth-order valence-corrected chi connectivity index (χ4v) is 1.72. The molecule has 0 saturated heterocycles. The molecule has 0 bridgehead atoms. The van der Waals surface area contributed by atoms with E-state index in [0.29, 0.717) is 17.6 Å². The maximum atomic E-state index is 12.6. The predicted octanol–water partition coefficient (Wildman–Crippen LogP) is 3.83. The number of hydrogen-bond acceptors (Lipinski definition) is 2. The zero-order chi connectivity index (χ0) is 13.6. The number of aryl methyl sites for hydroxylation is 1. The second-order valence-electron chi connectivity index (χ2n) is 4.65. The van der Waals surface area contributed by atoms with Gasteiger partial charge in [0.25, 0.3) is 0 Å². The Morgan fingerprint density at radius 2 is 1.65 bits per heavy atom. The van der Waals surface area contributed by atoms with E-state index in [4.69, 9.17) is 0 Å². The number of halogens is 2. The van der Waals surface area contributed by atoms with E-state index < -0.39 is 0 Å². The van der Waals surface area contributed by atoms with Gasteiger partial charge < -0.3 is 5.32 Å². The molecular formula is C13H22FIN2. The largest absolute Gasteiger partial charge is 0.312 e. The van der Waals surface area contributed by atoms with Crippen molar-refractivity contribution < 1.29 is 4.39 Å². The predicted molar refractivity (Wildman–Crippen MR) is 79.8 cm³/mol. The van der Waals surface area contributed by atoms with E-state index in [9.17, 15) is 4.39 Å². The van der Waals surface area contributed by atoms with Crippen molar-refractivity contribution in [1.82, 2.24) is 10.3 Å². The van der Waals surface area contributed by atoms with Gasteiger partial charge in [0.2, 0.25) is 5.95 Å². The van der Waals surface area contributed by atoms with Gasteiger partial charge in [-0.1, -0.05) is 27.7 Å². The van der Waals surface area contributed by atoms with Crippen LogP contribution in [0.2, 0.25) is 0 Å². The highest BCUT2D eigenvalue weighted by atomic mass is 127. The normalized spacial score (nSPS) is 10.5. The summed E-state index contributed by atoms with van der Waals surface area (Å²) in [6.45, 7) is 12.3. The van der Waals surface area contributed by atoms with Crippen LogP contribution in [-0.2, 0) is 0 Å². The summed E-state index contributed by atoms with van der Waals surface area (Å²) < 4.78 is 13.6. The van der Waals surface area contributed by atoms with Gasteiger partial charge >= 0.3 is 0 Å². The fourth-order valence-electron chi connectivity index (χ4n) is 1.36. The first kappa shape index (κ1) is 16.8. The molecule has 0 atom stereocenters. The highest BCUT2D eigenvalue weighted by Gasteiger charge is 2.03. The van der Waals surface area contributed by atoms with Gasteiger partial charge in [0.05, 0.1) is 0 Å². The smallest absolute Gasteiger partial charge is 0.216 e. The summed E-state index contributed by atoms with van der Waals surface area (Å²) in [5, 5.41) is 3.31. The summed E-state index contributed by atoms with van der Waals surface area (Å²) in [6.07, 6.45) is 1.55. The monoisotopic (exact) mass is 352 g/mol. The lowest BCUT2D eigenvalue weighted by Gasteiger charge is -2.10. The van der Waals surface area contributed by atoms with E-state index in [1.54, 1.807) is 13.1 Å². The van der Waals surface area contributed by atoms with Crippen LogP contribution < -0.4 is 5.32 Å². The zero-order valence-electron chi connectivity index (χ0n) is 11.4. The first-order valence-corrected chi connectivity index (χ1v) is 6.86. The molecule has 0 spiro atoms. The maximum absolute atomic E-state index is 12.6. The summed E-state index contributed by atoms with van der Waals surface area (Å²) in [5.41, 5.74) is 1.67. The van der Waals surface area contributed by atoms with Crippen LogP contribution in [-0.4, -0.2) is 17.1 Å². The van der Waals surface area contributed by atoms with Crippen molar-refractivity contribution in [1.29, 1.82) is 0 Å². The molecule has 0 radical (unpaired) electrons. The molecule has 1 aromatic heterocycles. The molecule has 0 aliphatic carbocycles. The molecule has 0 aromatic carbocycles. The average Bonchev–Trinajstić information content (AvgIpc) is 2.20. The molecule has 98 valence electrons. The Balaban J connectivity index is 0.000000325. The van der Waals surface area contributed by atoms with Gasteiger partial charge in [-0.2, -0.15) is 4.39 Å². The van der Waals surface area contributed by atoms with Crippen molar-refractivity contribution in [3.05, 3.63) is 26.8 Å². The fraction of sp³-hybridized carbons (Fsp3) is 0.615. The zero-order valence-corrected chi connectivity index (χ0v) is 13.6. The van der Waals surface area contributed by atoms with Gasteiger partial charge in [-0.25, -0.2) is 4.98 Å². The molecular weight excluding hydrogens is 330 g/mol. The number of pyridine rings is 1. The van der Waals surface area contributed by atoms with E-state index in [1.807, 2.05) is 6.92 Å². The Kier molecular flexibility index (Phi) is 7.87. The minimum Gasteiger partial charge on any atom is -0.312 e. The SMILES string of the molecule is CC(C)NC(C)C.Cc1cnc(F)c(C)c1I. The quantitative estimate of drug-likeness (QED) is 0.646. The van der Waals surface area contributed by atoms with E-state index in [-0.39, 0.29) is 5.95 Å². The minimum atomic E-state index is -0.366. The van der Waals surface area contributed by atoms with Crippen LogP contribution in [0, 0.1) is 23.4 Å². The van der Waals surface area contributed by atoms with Crippen LogP contribution in [0.5, 0.6) is 0 Å². The summed E-state index contributed by atoms with van der Waals surface area (Å²) in [4.78, 5) is 3.57. The molecule has 0 unspecified atom stereocenters. The van der Waals surface area contributed by atoms with Crippen LogP contribution in [0.4, 0.5) is 4.39 Å². The molecule has 1 heterocycles. The first-order chi connectivity index (χ1) is 7.75. The van der Waals surface area contributed by atoms with E-state index in [2.05, 4.69) is 60.6 Å². The molecule has 0 aliphatic rings. The van der Waals surface area contributed by atoms with Crippen molar-refractivity contribution in [3.63, 3.8) is 0 Å². The maximum Gasteiger partial charge on any atom is 0.216 e. The van der Waals surface area contributed by atoms with Crippen molar-refractivity contribution in [2.75, 3.05) is 0 Å². The number of aromatic nitrogens is 1. The van der Waals surface area contributed by atoms with Gasteiger partial charge in [-0.05, 0) is 42.0 Å². The lowest BCUT2D eigenvalue weighted by molar-refractivity contribution is 0.518. The van der Waals surface area contributed by atoms with Gasteiger partial charge in [0.15, 0.2) is 0 Å². The van der Waals surface area contributed by atoms with Gasteiger partial charge in [0, 0.05) is 27.4 Å². The van der Waals surface area contributed by atoms with Gasteiger partial charge in [-0.15, -0.1) is 0 Å². The highest BCUT2D eigenvalue weighted by Crippen LogP contribution is 2.16. The van der Waals surface area contributed by atoms with E-state index in [1.165, 1.54) is 0 Å². The van der Waals surface area contributed by atoms with E-state index in [0.717, 1.165) is 9.13 Å². The van der Waals surface area contributed by atoms with E-state index >= 15 is 0 Å². The second-order valence-corrected chi connectivity index (χ2v) is 5.73. The average molecular weight is 352 g/mol. The summed E-state index contributed by atoms with van der Waals surface area (Å²) in [7, 11) is 0. The van der Waals surface area contributed by atoms with Crippen molar-refractivity contribution in [2.24, 2.45) is 0 Å². The summed E-state index contributed by atoms with van der Waals surface area (Å²) in [5.74, 6) is -0.366. The molecule has 0 saturated carbocycles. The topological polar surface area (TPSA) is 24.9 Å². The van der Waals surface area contributed by atoms with Crippen molar-refractivity contribution in [2.45, 2.75) is 53.6 Å². The minimum absolute atomic E-state index is 0.366. The third-order valence-electron chi connectivity index (χ3n) is 2.02. The molecule has 4 heteroatoms. The Morgan fingerprint density at radius 3 is 1.94 bits per heavy atom. The molecule has 1 rings (SSSR count). The van der Waals surface area contributed by atoms with Crippen LogP contribution >= 0.6 is 22.6 Å². The van der Waals surface area contributed by atoms with Crippen LogP contribution in [0.25, 0.3) is 0 Å². The first-order valence-electron chi connectivity index (χ1n) is 5.79. The molecule has 0 amide bonds. The third kappa shape index (κ3) is 6.93. The Morgan fingerprint density at radius 1 is 1.18 bits per heavy atom. The molecule has 2 nitrogen and oxygen atoms in total. The standard InChI is InChI=1S/C7H7FIN.C6H15N/c1-4-3-10-7(8)5(2)6(4)9;1-5(2)7-6(3)4/h3H,1-2H3;5-7H,1-4H3. The Hall–Kier alpha value is -0.230. The van der Waals surface area contributed by atoms with Gasteiger partial charge in [-0.3, -0.25) is 0 Å². The molecule has 1 aromatic rings. The third-order valence-corrected chi connectivity index (χ3v) is 3.68. The summed E-state index contributed by atoms with van der Waals surface area (Å²) >= 11 is 2.11. The Bertz CT molecular complexity index is 319. The molecule has 0 fully saturated rings. The Labute approximate surface area is 118 Å².